The lowest BCUT2D eigenvalue weighted by molar-refractivity contribution is 0.276. The van der Waals surface area contributed by atoms with Gasteiger partial charge in [-0.2, -0.15) is 5.10 Å². The summed E-state index contributed by atoms with van der Waals surface area (Å²) in [6, 6.07) is 9.56. The van der Waals surface area contributed by atoms with E-state index in [1.54, 1.807) is 24.2 Å². The van der Waals surface area contributed by atoms with Crippen LogP contribution in [0.5, 0.6) is 5.75 Å². The lowest BCUT2D eigenvalue weighted by atomic mass is 10.1. The molecule has 0 amide bonds. The highest BCUT2D eigenvalue weighted by Crippen LogP contribution is 2.23. The maximum atomic E-state index is 13.3. The number of methoxy groups -OCH3 is 1. The number of aromatic nitrogens is 4. The third-order valence-corrected chi connectivity index (χ3v) is 4.55. The van der Waals surface area contributed by atoms with Crippen LogP contribution in [0.4, 0.5) is 10.3 Å². The molecular formula is C19H20FN5O. The first-order valence-electron chi connectivity index (χ1n) is 8.64. The molecule has 6 nitrogen and oxygen atoms in total. The summed E-state index contributed by atoms with van der Waals surface area (Å²) in [7, 11) is 1.64. The van der Waals surface area contributed by atoms with Crippen molar-refractivity contribution in [1.29, 1.82) is 0 Å². The second-order valence-corrected chi connectivity index (χ2v) is 6.28. The van der Waals surface area contributed by atoms with E-state index in [4.69, 9.17) is 4.74 Å². The number of ether oxygens (including phenoxy) is 1. The molecule has 1 saturated heterocycles. The molecule has 0 radical (unpaired) electrons. The molecule has 0 bridgehead atoms. The van der Waals surface area contributed by atoms with Crippen molar-refractivity contribution in [2.24, 2.45) is 0 Å². The first-order valence-corrected chi connectivity index (χ1v) is 8.64. The molecule has 0 atom stereocenters. The summed E-state index contributed by atoms with van der Waals surface area (Å²) in [6.07, 6.45) is 5.79. The zero-order chi connectivity index (χ0) is 17.9. The molecule has 7 heteroatoms. The van der Waals surface area contributed by atoms with Gasteiger partial charge >= 0.3 is 0 Å². The zero-order valence-corrected chi connectivity index (χ0v) is 14.5. The van der Waals surface area contributed by atoms with Gasteiger partial charge in [0.1, 0.15) is 11.9 Å². The highest BCUT2D eigenvalue weighted by atomic mass is 19.1. The minimum atomic E-state index is -0.712. The van der Waals surface area contributed by atoms with Crippen LogP contribution in [-0.2, 0) is 0 Å². The van der Waals surface area contributed by atoms with E-state index in [0.717, 1.165) is 22.7 Å². The van der Waals surface area contributed by atoms with Crippen LogP contribution in [0.15, 0.2) is 48.9 Å². The summed E-state index contributed by atoms with van der Waals surface area (Å²) < 4.78 is 20.4. The second-order valence-electron chi connectivity index (χ2n) is 6.28. The number of nitrogens with zero attached hydrogens (tertiary/aromatic N) is 5. The van der Waals surface area contributed by atoms with Crippen molar-refractivity contribution < 1.29 is 9.13 Å². The van der Waals surface area contributed by atoms with E-state index >= 15 is 0 Å². The van der Waals surface area contributed by atoms with Crippen molar-refractivity contribution in [3.63, 3.8) is 0 Å². The van der Waals surface area contributed by atoms with Crippen LogP contribution in [-0.4, -0.2) is 46.1 Å². The van der Waals surface area contributed by atoms with E-state index < -0.39 is 6.17 Å². The van der Waals surface area contributed by atoms with Gasteiger partial charge in [0.2, 0.25) is 5.95 Å². The molecule has 134 valence electrons. The predicted octanol–water partition coefficient (Wildman–Crippen LogP) is 3.28. The summed E-state index contributed by atoms with van der Waals surface area (Å²) in [5.74, 6) is 1.42. The first kappa shape index (κ1) is 16.5. The average Bonchev–Trinajstić information content (AvgIpc) is 3.19. The minimum Gasteiger partial charge on any atom is -0.497 e. The normalized spacial score (nSPS) is 15.2. The van der Waals surface area contributed by atoms with E-state index in [-0.39, 0.29) is 0 Å². The van der Waals surface area contributed by atoms with Crippen LogP contribution in [0.3, 0.4) is 0 Å². The molecule has 26 heavy (non-hydrogen) atoms. The quantitative estimate of drug-likeness (QED) is 0.720. The molecule has 3 aromatic rings. The topological polar surface area (TPSA) is 56.1 Å². The van der Waals surface area contributed by atoms with Crippen LogP contribution < -0.4 is 9.64 Å². The minimum absolute atomic E-state index is 0.529. The van der Waals surface area contributed by atoms with Crippen molar-refractivity contribution >= 4 is 5.95 Å². The molecule has 1 aliphatic heterocycles. The highest BCUT2D eigenvalue weighted by Gasteiger charge is 2.20. The van der Waals surface area contributed by atoms with Gasteiger partial charge in [-0.05, 0) is 31.0 Å². The monoisotopic (exact) mass is 353 g/mol. The Kier molecular flexibility index (Phi) is 4.51. The maximum absolute atomic E-state index is 13.3. The van der Waals surface area contributed by atoms with Crippen molar-refractivity contribution in [3.05, 3.63) is 48.9 Å². The summed E-state index contributed by atoms with van der Waals surface area (Å²) in [6.45, 7) is 1.29. The molecule has 0 aliphatic carbocycles. The summed E-state index contributed by atoms with van der Waals surface area (Å²) in [4.78, 5) is 11.0. The number of hydrogen-bond donors (Lipinski definition) is 0. The van der Waals surface area contributed by atoms with Crippen LogP contribution >= 0.6 is 0 Å². The highest BCUT2D eigenvalue weighted by molar-refractivity contribution is 5.59. The Bertz CT molecular complexity index is 889. The number of benzene rings is 1. The van der Waals surface area contributed by atoms with Crippen molar-refractivity contribution in [2.75, 3.05) is 25.1 Å². The van der Waals surface area contributed by atoms with Gasteiger partial charge in [-0.3, -0.25) is 0 Å². The smallest absolute Gasteiger partial charge is 0.225 e. The largest absolute Gasteiger partial charge is 0.497 e. The predicted molar refractivity (Wildman–Crippen MR) is 97.5 cm³/mol. The second kappa shape index (κ2) is 7.11. The third kappa shape index (κ3) is 3.37. The molecule has 1 aromatic carbocycles. The molecule has 1 aliphatic rings. The Morgan fingerprint density at radius 2 is 2.04 bits per heavy atom. The number of halogens is 1. The SMILES string of the molecule is COc1cccc(-n2cc(-c3ccnc(N4CCC(F)CC4)n3)cn2)c1. The van der Waals surface area contributed by atoms with E-state index in [1.165, 1.54) is 0 Å². The Labute approximate surface area is 151 Å². The van der Waals surface area contributed by atoms with Crippen molar-refractivity contribution in [2.45, 2.75) is 19.0 Å². The van der Waals surface area contributed by atoms with E-state index in [9.17, 15) is 4.39 Å². The average molecular weight is 353 g/mol. The molecule has 1 fully saturated rings. The first-order chi connectivity index (χ1) is 12.7. The number of anilines is 1. The molecule has 0 saturated carbocycles. The molecule has 4 rings (SSSR count). The van der Waals surface area contributed by atoms with Gasteiger partial charge in [0.25, 0.3) is 0 Å². The Hall–Kier alpha value is -2.96. The fraction of sp³-hybridized carbons (Fsp3) is 0.316. The number of rotatable bonds is 4. The van der Waals surface area contributed by atoms with E-state index in [0.29, 0.717) is 31.9 Å². The van der Waals surface area contributed by atoms with Crippen LogP contribution in [0.25, 0.3) is 16.9 Å². The summed E-state index contributed by atoms with van der Waals surface area (Å²) in [5.41, 5.74) is 2.61. The number of hydrogen-bond acceptors (Lipinski definition) is 5. The van der Waals surface area contributed by atoms with Crippen LogP contribution in [0, 0.1) is 0 Å². The van der Waals surface area contributed by atoms with Crippen molar-refractivity contribution in [1.82, 2.24) is 19.7 Å². The summed E-state index contributed by atoms with van der Waals surface area (Å²) >= 11 is 0. The third-order valence-electron chi connectivity index (χ3n) is 4.55. The lowest BCUT2D eigenvalue weighted by Crippen LogP contribution is -2.35. The maximum Gasteiger partial charge on any atom is 0.225 e. The van der Waals surface area contributed by atoms with Crippen LogP contribution in [0.2, 0.25) is 0 Å². The van der Waals surface area contributed by atoms with Gasteiger partial charge < -0.3 is 9.64 Å². The molecule has 2 aromatic heterocycles. The fourth-order valence-corrected chi connectivity index (χ4v) is 3.06. The number of piperidine rings is 1. The standard InChI is InChI=1S/C19H20FN5O/c1-26-17-4-2-3-16(11-17)25-13-14(12-22-25)18-5-8-21-19(23-18)24-9-6-15(20)7-10-24/h2-5,8,11-13,15H,6-7,9-10H2,1H3. The molecular weight excluding hydrogens is 333 g/mol. The lowest BCUT2D eigenvalue weighted by Gasteiger charge is -2.28. The molecule has 0 N–H and O–H groups in total. The fourth-order valence-electron chi connectivity index (χ4n) is 3.06. The van der Waals surface area contributed by atoms with Gasteiger partial charge in [-0.1, -0.05) is 6.07 Å². The summed E-state index contributed by atoms with van der Waals surface area (Å²) in [5, 5.41) is 4.43. The Morgan fingerprint density at radius 1 is 1.19 bits per heavy atom. The van der Waals surface area contributed by atoms with Gasteiger partial charge in [0, 0.05) is 37.1 Å². The molecule has 3 heterocycles. The van der Waals surface area contributed by atoms with E-state index in [1.807, 2.05) is 41.4 Å². The molecule has 0 spiro atoms. The van der Waals surface area contributed by atoms with E-state index in [2.05, 4.69) is 15.1 Å². The van der Waals surface area contributed by atoms with Gasteiger partial charge in [0.15, 0.2) is 0 Å². The Balaban J connectivity index is 1.58. The van der Waals surface area contributed by atoms with Gasteiger partial charge in [-0.15, -0.1) is 0 Å². The van der Waals surface area contributed by atoms with Gasteiger partial charge in [-0.25, -0.2) is 19.0 Å². The Morgan fingerprint density at radius 3 is 2.85 bits per heavy atom. The zero-order valence-electron chi connectivity index (χ0n) is 14.5. The molecule has 0 unspecified atom stereocenters. The van der Waals surface area contributed by atoms with Gasteiger partial charge in [0.05, 0.1) is 24.7 Å². The van der Waals surface area contributed by atoms with Crippen molar-refractivity contribution in [3.8, 4) is 22.7 Å². The van der Waals surface area contributed by atoms with Crippen LogP contribution in [0.1, 0.15) is 12.8 Å². The number of alkyl halides is 1.